The van der Waals surface area contributed by atoms with Gasteiger partial charge in [0.1, 0.15) is 0 Å². The molecule has 0 amide bonds. The van der Waals surface area contributed by atoms with Crippen LogP contribution in [0.25, 0.3) is 0 Å². The van der Waals surface area contributed by atoms with Crippen molar-refractivity contribution in [1.29, 1.82) is 0 Å². The number of nitrogens with zero attached hydrogens (tertiary/aromatic N) is 1. The second-order valence-electron chi connectivity index (χ2n) is 8.21. The van der Waals surface area contributed by atoms with Gasteiger partial charge in [-0.3, -0.25) is 4.90 Å². The summed E-state index contributed by atoms with van der Waals surface area (Å²) in [6.07, 6.45) is 14.3. The van der Waals surface area contributed by atoms with Gasteiger partial charge in [0.2, 0.25) is 0 Å². The predicted molar refractivity (Wildman–Crippen MR) is 86.0 cm³/mol. The number of hydrogen-bond donors (Lipinski definition) is 1. The van der Waals surface area contributed by atoms with E-state index in [1.807, 2.05) is 0 Å². The van der Waals surface area contributed by atoms with Crippen LogP contribution in [0.15, 0.2) is 0 Å². The van der Waals surface area contributed by atoms with Crippen molar-refractivity contribution in [3.63, 3.8) is 0 Å². The van der Waals surface area contributed by atoms with Gasteiger partial charge in [0, 0.05) is 31.2 Å². The third kappa shape index (κ3) is 3.06. The summed E-state index contributed by atoms with van der Waals surface area (Å²) in [5, 5.41) is 3.96. The van der Waals surface area contributed by atoms with Crippen LogP contribution in [0.2, 0.25) is 0 Å². The highest BCUT2D eigenvalue weighted by Gasteiger charge is 2.41. The van der Waals surface area contributed by atoms with Crippen LogP contribution in [0.4, 0.5) is 0 Å². The van der Waals surface area contributed by atoms with Crippen LogP contribution in [-0.2, 0) is 0 Å². The van der Waals surface area contributed by atoms with Crippen molar-refractivity contribution in [2.45, 2.75) is 89.6 Å². The fourth-order valence-electron chi connectivity index (χ4n) is 5.07. The first-order valence-electron chi connectivity index (χ1n) is 9.14. The molecule has 1 heterocycles. The van der Waals surface area contributed by atoms with E-state index in [1.54, 1.807) is 0 Å². The summed E-state index contributed by atoms with van der Waals surface area (Å²) in [4.78, 5) is 2.88. The van der Waals surface area contributed by atoms with Gasteiger partial charge in [-0.1, -0.05) is 46.0 Å². The molecule has 3 rings (SSSR count). The van der Waals surface area contributed by atoms with Gasteiger partial charge in [0.15, 0.2) is 0 Å². The van der Waals surface area contributed by atoms with Crippen LogP contribution in [0.3, 0.4) is 0 Å². The highest BCUT2D eigenvalue weighted by molar-refractivity contribution is 5.01. The standard InChI is InChI=1S/C18H34N2/c1-3-16-13-19-18(11-5-4-6-12-18)15-20(16)14-17(2)9-7-8-10-17/h16,19H,3-15H2,1-2H3. The van der Waals surface area contributed by atoms with Gasteiger partial charge in [-0.2, -0.15) is 0 Å². The lowest BCUT2D eigenvalue weighted by atomic mass is 9.78. The molecule has 0 aromatic carbocycles. The van der Waals surface area contributed by atoms with E-state index in [2.05, 4.69) is 24.1 Å². The van der Waals surface area contributed by atoms with Gasteiger partial charge >= 0.3 is 0 Å². The van der Waals surface area contributed by atoms with Gasteiger partial charge in [-0.05, 0) is 37.5 Å². The Balaban J connectivity index is 1.68. The molecule has 2 nitrogen and oxygen atoms in total. The van der Waals surface area contributed by atoms with E-state index >= 15 is 0 Å². The van der Waals surface area contributed by atoms with Crippen LogP contribution in [-0.4, -0.2) is 36.1 Å². The Labute approximate surface area is 125 Å². The summed E-state index contributed by atoms with van der Waals surface area (Å²) in [6.45, 7) is 8.82. The van der Waals surface area contributed by atoms with E-state index < -0.39 is 0 Å². The van der Waals surface area contributed by atoms with E-state index in [-0.39, 0.29) is 0 Å². The van der Waals surface area contributed by atoms with Crippen molar-refractivity contribution in [3.8, 4) is 0 Å². The average Bonchev–Trinajstić information content (AvgIpc) is 2.86. The minimum atomic E-state index is 0.471. The molecule has 0 bridgehead atoms. The molecule has 1 atom stereocenters. The predicted octanol–water partition coefficient (Wildman–Crippen LogP) is 3.95. The summed E-state index contributed by atoms with van der Waals surface area (Å²) >= 11 is 0. The van der Waals surface area contributed by atoms with E-state index in [9.17, 15) is 0 Å². The van der Waals surface area contributed by atoms with Crippen LogP contribution in [0, 0.1) is 5.41 Å². The van der Waals surface area contributed by atoms with E-state index in [0.717, 1.165) is 6.04 Å². The molecule has 20 heavy (non-hydrogen) atoms. The Morgan fingerprint density at radius 1 is 1.00 bits per heavy atom. The molecular weight excluding hydrogens is 244 g/mol. The van der Waals surface area contributed by atoms with E-state index in [0.29, 0.717) is 11.0 Å². The molecule has 1 N–H and O–H groups in total. The molecule has 0 aromatic rings. The Morgan fingerprint density at radius 2 is 1.65 bits per heavy atom. The summed E-state index contributed by atoms with van der Waals surface area (Å²) in [6, 6.07) is 0.778. The van der Waals surface area contributed by atoms with Crippen molar-refractivity contribution in [1.82, 2.24) is 10.2 Å². The molecule has 0 radical (unpaired) electrons. The Bertz CT molecular complexity index is 313. The maximum atomic E-state index is 3.96. The zero-order valence-corrected chi connectivity index (χ0v) is 13.7. The van der Waals surface area contributed by atoms with Crippen LogP contribution in [0.1, 0.15) is 78.1 Å². The second-order valence-corrected chi connectivity index (χ2v) is 8.21. The summed E-state index contributed by atoms with van der Waals surface area (Å²) in [5.74, 6) is 0. The Morgan fingerprint density at radius 3 is 2.30 bits per heavy atom. The van der Waals surface area contributed by atoms with Crippen molar-refractivity contribution < 1.29 is 0 Å². The smallest absolute Gasteiger partial charge is 0.0309 e. The normalized spacial score (nSPS) is 33.6. The number of piperazine rings is 1. The minimum absolute atomic E-state index is 0.471. The van der Waals surface area contributed by atoms with Gasteiger partial charge in [0.05, 0.1) is 0 Å². The molecule has 3 fully saturated rings. The lowest BCUT2D eigenvalue weighted by Gasteiger charge is -2.51. The number of rotatable bonds is 3. The average molecular weight is 278 g/mol. The fourth-order valence-corrected chi connectivity index (χ4v) is 5.07. The first kappa shape index (κ1) is 14.8. The molecular formula is C18H34N2. The van der Waals surface area contributed by atoms with Crippen molar-refractivity contribution >= 4 is 0 Å². The van der Waals surface area contributed by atoms with Gasteiger partial charge in [-0.25, -0.2) is 0 Å². The molecule has 1 spiro atoms. The van der Waals surface area contributed by atoms with Crippen molar-refractivity contribution in [3.05, 3.63) is 0 Å². The van der Waals surface area contributed by atoms with Gasteiger partial charge < -0.3 is 5.32 Å². The van der Waals surface area contributed by atoms with Crippen LogP contribution >= 0.6 is 0 Å². The lowest BCUT2D eigenvalue weighted by Crippen LogP contribution is -2.65. The first-order chi connectivity index (χ1) is 9.65. The third-order valence-electron chi connectivity index (χ3n) is 6.41. The second kappa shape index (κ2) is 5.96. The largest absolute Gasteiger partial charge is 0.308 e. The number of nitrogens with one attached hydrogen (secondary N) is 1. The molecule has 2 heteroatoms. The summed E-state index contributed by atoms with van der Waals surface area (Å²) in [7, 11) is 0. The Hall–Kier alpha value is -0.0800. The molecule has 1 aliphatic heterocycles. The molecule has 3 aliphatic rings. The highest BCUT2D eigenvalue weighted by Crippen LogP contribution is 2.40. The lowest BCUT2D eigenvalue weighted by molar-refractivity contribution is 0.0259. The fraction of sp³-hybridized carbons (Fsp3) is 1.00. The van der Waals surface area contributed by atoms with Crippen LogP contribution in [0.5, 0.6) is 0 Å². The summed E-state index contributed by atoms with van der Waals surface area (Å²) < 4.78 is 0. The third-order valence-corrected chi connectivity index (χ3v) is 6.41. The maximum absolute atomic E-state index is 3.96. The highest BCUT2D eigenvalue weighted by atomic mass is 15.3. The monoisotopic (exact) mass is 278 g/mol. The summed E-state index contributed by atoms with van der Waals surface area (Å²) in [5.41, 5.74) is 1.08. The van der Waals surface area contributed by atoms with Crippen molar-refractivity contribution in [2.75, 3.05) is 19.6 Å². The van der Waals surface area contributed by atoms with Crippen LogP contribution < -0.4 is 5.32 Å². The van der Waals surface area contributed by atoms with Gasteiger partial charge in [-0.15, -0.1) is 0 Å². The zero-order chi connectivity index (χ0) is 14.1. The minimum Gasteiger partial charge on any atom is -0.308 e. The molecule has 2 saturated carbocycles. The van der Waals surface area contributed by atoms with Crippen molar-refractivity contribution in [2.24, 2.45) is 5.41 Å². The Kier molecular flexibility index (Phi) is 4.42. The molecule has 1 saturated heterocycles. The molecule has 2 aliphatic carbocycles. The molecule has 0 aromatic heterocycles. The van der Waals surface area contributed by atoms with E-state index in [1.165, 1.54) is 83.8 Å². The zero-order valence-electron chi connectivity index (χ0n) is 13.7. The first-order valence-corrected chi connectivity index (χ1v) is 9.14. The van der Waals surface area contributed by atoms with E-state index in [4.69, 9.17) is 0 Å². The van der Waals surface area contributed by atoms with Gasteiger partial charge in [0.25, 0.3) is 0 Å². The topological polar surface area (TPSA) is 15.3 Å². The maximum Gasteiger partial charge on any atom is 0.0309 e. The quantitative estimate of drug-likeness (QED) is 0.841. The molecule has 116 valence electrons. The number of hydrogen-bond acceptors (Lipinski definition) is 2. The SMILES string of the molecule is CCC1CNC2(CCCCC2)CN1CC1(C)CCCC1. The molecule has 1 unspecified atom stereocenters.